The molecule has 0 saturated carbocycles. The van der Waals surface area contributed by atoms with Crippen molar-refractivity contribution in [1.29, 1.82) is 0 Å². The van der Waals surface area contributed by atoms with Gasteiger partial charge in [-0.3, -0.25) is 4.79 Å². The van der Waals surface area contributed by atoms with E-state index in [9.17, 15) is 13.2 Å². The van der Waals surface area contributed by atoms with E-state index in [1.165, 1.54) is 12.1 Å². The molecular formula is C13H20N2O4S. The quantitative estimate of drug-likeness (QED) is 0.720. The number of nitrogens with two attached hydrogens (primary N) is 1. The third kappa shape index (κ3) is 5.18. The number of carbonyl (C=O) groups is 1. The first-order valence-electron chi connectivity index (χ1n) is 6.30. The zero-order valence-electron chi connectivity index (χ0n) is 11.6. The fourth-order valence-corrected chi connectivity index (χ4v) is 2.19. The molecule has 7 heteroatoms. The molecule has 112 valence electrons. The maximum atomic E-state index is 11.4. The van der Waals surface area contributed by atoms with Gasteiger partial charge in [0, 0.05) is 6.26 Å². The zero-order chi connectivity index (χ0) is 15.2. The van der Waals surface area contributed by atoms with Gasteiger partial charge < -0.3 is 15.8 Å². The van der Waals surface area contributed by atoms with E-state index in [-0.39, 0.29) is 11.5 Å². The largest absolute Gasteiger partial charge is 0.491 e. The molecule has 1 rings (SSSR count). The molecule has 0 aliphatic rings. The maximum absolute atomic E-state index is 11.4. The monoisotopic (exact) mass is 300 g/mol. The fourth-order valence-electron chi connectivity index (χ4n) is 1.53. The standard InChI is InChI=1S/C13H20N2O4S/c1-3-7-15-12(13(14)16)9-19-10-5-4-6-11(8-10)20(2,17)18/h4-6,8,12,15H,3,7,9H2,1-2H3,(H2,14,16). The lowest BCUT2D eigenvalue weighted by Gasteiger charge is -2.16. The molecule has 6 nitrogen and oxygen atoms in total. The molecule has 0 saturated heterocycles. The van der Waals surface area contributed by atoms with Crippen LogP contribution in [-0.2, 0) is 14.6 Å². The van der Waals surface area contributed by atoms with Gasteiger partial charge in [-0.1, -0.05) is 13.0 Å². The number of primary amides is 1. The van der Waals surface area contributed by atoms with E-state index >= 15 is 0 Å². The Hall–Kier alpha value is -1.60. The van der Waals surface area contributed by atoms with Crippen molar-refractivity contribution in [3.8, 4) is 5.75 Å². The normalized spacial score (nSPS) is 12.9. The molecule has 0 radical (unpaired) electrons. The Morgan fingerprint density at radius 1 is 1.45 bits per heavy atom. The van der Waals surface area contributed by atoms with Gasteiger partial charge in [0.05, 0.1) is 4.90 Å². The third-order valence-corrected chi connectivity index (χ3v) is 3.74. The molecule has 1 unspecified atom stereocenters. The summed E-state index contributed by atoms with van der Waals surface area (Å²) < 4.78 is 28.3. The Labute approximate surface area is 119 Å². The van der Waals surface area contributed by atoms with Crippen molar-refractivity contribution >= 4 is 15.7 Å². The van der Waals surface area contributed by atoms with E-state index < -0.39 is 21.8 Å². The smallest absolute Gasteiger partial charge is 0.238 e. The van der Waals surface area contributed by atoms with Crippen molar-refractivity contribution in [1.82, 2.24) is 5.32 Å². The molecule has 0 fully saturated rings. The van der Waals surface area contributed by atoms with Crippen LogP contribution < -0.4 is 15.8 Å². The van der Waals surface area contributed by atoms with Crippen LogP contribution in [0.1, 0.15) is 13.3 Å². The van der Waals surface area contributed by atoms with E-state index in [4.69, 9.17) is 10.5 Å². The van der Waals surface area contributed by atoms with Crippen molar-refractivity contribution in [2.75, 3.05) is 19.4 Å². The molecule has 0 aromatic heterocycles. The van der Waals surface area contributed by atoms with Crippen LogP contribution >= 0.6 is 0 Å². The molecule has 0 bridgehead atoms. The summed E-state index contributed by atoms with van der Waals surface area (Å²) in [6.07, 6.45) is 1.99. The molecule has 0 aliphatic heterocycles. The highest BCUT2D eigenvalue weighted by molar-refractivity contribution is 7.90. The molecule has 0 heterocycles. The van der Waals surface area contributed by atoms with Gasteiger partial charge in [0.25, 0.3) is 0 Å². The Bertz CT molecular complexity index is 557. The molecular weight excluding hydrogens is 280 g/mol. The topological polar surface area (TPSA) is 98.5 Å². The van der Waals surface area contributed by atoms with Gasteiger partial charge in [0.15, 0.2) is 9.84 Å². The van der Waals surface area contributed by atoms with E-state index in [0.717, 1.165) is 12.7 Å². The predicted octanol–water partition coefficient (Wildman–Crippen LogP) is 0.322. The summed E-state index contributed by atoms with van der Waals surface area (Å²) in [5.41, 5.74) is 5.26. The van der Waals surface area contributed by atoms with Crippen molar-refractivity contribution in [2.24, 2.45) is 5.73 Å². The second-order valence-corrected chi connectivity index (χ2v) is 6.48. The minimum Gasteiger partial charge on any atom is -0.491 e. The molecule has 1 atom stereocenters. The van der Waals surface area contributed by atoms with E-state index in [1.807, 2.05) is 6.92 Å². The Kier molecular flexibility index (Phi) is 5.97. The number of rotatable bonds is 8. The van der Waals surface area contributed by atoms with Crippen LogP contribution in [0.5, 0.6) is 5.75 Å². The van der Waals surface area contributed by atoms with Crippen LogP contribution in [0.3, 0.4) is 0 Å². The second kappa shape index (κ2) is 7.25. The Morgan fingerprint density at radius 2 is 2.15 bits per heavy atom. The lowest BCUT2D eigenvalue weighted by Crippen LogP contribution is -2.45. The van der Waals surface area contributed by atoms with Crippen molar-refractivity contribution < 1.29 is 17.9 Å². The number of ether oxygens (including phenoxy) is 1. The summed E-state index contributed by atoms with van der Waals surface area (Å²) in [4.78, 5) is 11.4. The second-order valence-electron chi connectivity index (χ2n) is 4.47. The van der Waals surface area contributed by atoms with Crippen LogP contribution in [-0.4, -0.2) is 39.8 Å². The number of hydrogen-bond donors (Lipinski definition) is 2. The number of carbonyl (C=O) groups excluding carboxylic acids is 1. The summed E-state index contributed by atoms with van der Waals surface area (Å²) >= 11 is 0. The Morgan fingerprint density at radius 3 is 2.70 bits per heavy atom. The van der Waals surface area contributed by atoms with Crippen LogP contribution in [0.4, 0.5) is 0 Å². The minimum absolute atomic E-state index is 0.0581. The van der Waals surface area contributed by atoms with Crippen LogP contribution in [0.15, 0.2) is 29.2 Å². The summed E-state index contributed by atoms with van der Waals surface area (Å²) in [7, 11) is -3.28. The number of benzene rings is 1. The number of amides is 1. The average Bonchev–Trinajstić information content (AvgIpc) is 2.37. The lowest BCUT2D eigenvalue weighted by molar-refractivity contribution is -0.120. The highest BCUT2D eigenvalue weighted by atomic mass is 32.2. The van der Waals surface area contributed by atoms with Gasteiger partial charge in [0.2, 0.25) is 5.91 Å². The van der Waals surface area contributed by atoms with Gasteiger partial charge in [0.1, 0.15) is 18.4 Å². The van der Waals surface area contributed by atoms with E-state index in [2.05, 4.69) is 5.32 Å². The number of hydrogen-bond acceptors (Lipinski definition) is 5. The first-order chi connectivity index (χ1) is 9.34. The van der Waals surface area contributed by atoms with Crippen molar-refractivity contribution in [2.45, 2.75) is 24.3 Å². The number of sulfone groups is 1. The molecule has 1 aromatic carbocycles. The first kappa shape index (κ1) is 16.5. The van der Waals surface area contributed by atoms with Gasteiger partial charge in [-0.25, -0.2) is 8.42 Å². The zero-order valence-corrected chi connectivity index (χ0v) is 12.4. The molecule has 1 aromatic rings. The Balaban J connectivity index is 2.71. The van der Waals surface area contributed by atoms with Gasteiger partial charge in [-0.05, 0) is 31.2 Å². The van der Waals surface area contributed by atoms with Crippen molar-refractivity contribution in [3.05, 3.63) is 24.3 Å². The van der Waals surface area contributed by atoms with Crippen LogP contribution in [0.2, 0.25) is 0 Å². The molecule has 3 N–H and O–H groups in total. The predicted molar refractivity (Wildman–Crippen MR) is 76.3 cm³/mol. The van der Waals surface area contributed by atoms with Crippen LogP contribution in [0.25, 0.3) is 0 Å². The number of nitrogens with one attached hydrogen (secondary N) is 1. The molecule has 0 aliphatic carbocycles. The third-order valence-electron chi connectivity index (χ3n) is 2.63. The van der Waals surface area contributed by atoms with Gasteiger partial charge in [-0.15, -0.1) is 0 Å². The van der Waals surface area contributed by atoms with Gasteiger partial charge in [-0.2, -0.15) is 0 Å². The summed E-state index contributed by atoms with van der Waals surface area (Å²) in [5.74, 6) is -0.116. The fraction of sp³-hybridized carbons (Fsp3) is 0.462. The van der Waals surface area contributed by atoms with E-state index in [1.54, 1.807) is 12.1 Å². The summed E-state index contributed by atoms with van der Waals surface area (Å²) in [6, 6.07) is 5.53. The SMILES string of the molecule is CCCNC(COc1cccc(S(C)(=O)=O)c1)C(N)=O. The maximum Gasteiger partial charge on any atom is 0.238 e. The summed E-state index contributed by atoms with van der Waals surface area (Å²) in [5, 5.41) is 2.97. The average molecular weight is 300 g/mol. The van der Waals surface area contributed by atoms with Crippen LogP contribution in [0, 0.1) is 0 Å². The first-order valence-corrected chi connectivity index (χ1v) is 8.19. The molecule has 0 spiro atoms. The van der Waals surface area contributed by atoms with Crippen molar-refractivity contribution in [3.63, 3.8) is 0 Å². The van der Waals surface area contributed by atoms with E-state index in [0.29, 0.717) is 12.3 Å². The molecule has 20 heavy (non-hydrogen) atoms. The summed E-state index contributed by atoms with van der Waals surface area (Å²) in [6.45, 7) is 2.68. The van der Waals surface area contributed by atoms with Gasteiger partial charge >= 0.3 is 0 Å². The highest BCUT2D eigenvalue weighted by Gasteiger charge is 2.15. The lowest BCUT2D eigenvalue weighted by atomic mass is 10.3. The highest BCUT2D eigenvalue weighted by Crippen LogP contribution is 2.17. The molecule has 1 amide bonds. The minimum atomic E-state index is -3.28.